The van der Waals surface area contributed by atoms with Crippen molar-refractivity contribution in [3.63, 3.8) is 0 Å². The van der Waals surface area contributed by atoms with Crippen molar-refractivity contribution in [2.75, 3.05) is 20.2 Å². The van der Waals surface area contributed by atoms with Crippen LogP contribution in [0.4, 0.5) is 0 Å². The predicted octanol–water partition coefficient (Wildman–Crippen LogP) is 1.17. The van der Waals surface area contributed by atoms with E-state index in [0.717, 1.165) is 38.6 Å². The van der Waals surface area contributed by atoms with Gasteiger partial charge in [-0.3, -0.25) is 4.79 Å². The van der Waals surface area contributed by atoms with Gasteiger partial charge in [-0.05, 0) is 39.0 Å². The summed E-state index contributed by atoms with van der Waals surface area (Å²) < 4.78 is 5.54. The number of carbonyl (C=O) groups is 1. The van der Waals surface area contributed by atoms with Crippen LogP contribution in [0.5, 0.6) is 0 Å². The van der Waals surface area contributed by atoms with Crippen LogP contribution in [-0.2, 0) is 9.53 Å². The van der Waals surface area contributed by atoms with Crippen LogP contribution in [0.3, 0.4) is 0 Å². The Labute approximate surface area is 97.6 Å². The number of likely N-dealkylation sites (N-methyl/N-ethyl adjacent to an activating group) is 1. The summed E-state index contributed by atoms with van der Waals surface area (Å²) in [5.41, 5.74) is 0. The summed E-state index contributed by atoms with van der Waals surface area (Å²) in [6.07, 6.45) is 4.56. The van der Waals surface area contributed by atoms with Crippen molar-refractivity contribution >= 4 is 5.91 Å². The number of rotatable bonds is 6. The van der Waals surface area contributed by atoms with Gasteiger partial charge in [0.25, 0.3) is 5.91 Å². The summed E-state index contributed by atoms with van der Waals surface area (Å²) in [6.45, 7) is 3.00. The number of hydrogen-bond donors (Lipinski definition) is 1. The van der Waals surface area contributed by atoms with Gasteiger partial charge in [-0.15, -0.1) is 0 Å². The number of ether oxygens (including phenoxy) is 1. The molecule has 94 valence electrons. The van der Waals surface area contributed by atoms with E-state index < -0.39 is 0 Å². The van der Waals surface area contributed by atoms with E-state index in [-0.39, 0.29) is 24.7 Å². The second kappa shape index (κ2) is 6.86. The normalized spacial score (nSPS) is 24.7. The Bertz CT molecular complexity index is 220. The van der Waals surface area contributed by atoms with Gasteiger partial charge < -0.3 is 14.7 Å². The molecule has 2 atom stereocenters. The fourth-order valence-corrected chi connectivity index (χ4v) is 1.98. The van der Waals surface area contributed by atoms with Crippen LogP contribution >= 0.6 is 0 Å². The number of nitrogens with zero attached hydrogens (tertiary/aromatic N) is 1. The largest absolute Gasteiger partial charge is 0.396 e. The molecule has 0 aromatic heterocycles. The summed E-state index contributed by atoms with van der Waals surface area (Å²) in [5, 5.41) is 8.64. The van der Waals surface area contributed by atoms with Crippen LogP contribution < -0.4 is 0 Å². The van der Waals surface area contributed by atoms with Gasteiger partial charge >= 0.3 is 0 Å². The molecule has 0 saturated carbocycles. The first-order valence-corrected chi connectivity index (χ1v) is 6.16. The van der Waals surface area contributed by atoms with Crippen molar-refractivity contribution in [1.82, 2.24) is 4.90 Å². The SMILES string of the molecule is CC1CCC(C(=O)N(C)CCCCCO)O1. The molecule has 2 unspecified atom stereocenters. The summed E-state index contributed by atoms with van der Waals surface area (Å²) in [5.74, 6) is 0.105. The first kappa shape index (κ1) is 13.5. The lowest BCUT2D eigenvalue weighted by Crippen LogP contribution is -2.37. The molecule has 1 fully saturated rings. The zero-order valence-corrected chi connectivity index (χ0v) is 10.3. The van der Waals surface area contributed by atoms with E-state index in [2.05, 4.69) is 0 Å². The molecule has 1 aliphatic heterocycles. The van der Waals surface area contributed by atoms with Gasteiger partial charge in [0.05, 0.1) is 6.10 Å². The Morgan fingerprint density at radius 3 is 2.69 bits per heavy atom. The van der Waals surface area contributed by atoms with E-state index in [4.69, 9.17) is 9.84 Å². The lowest BCUT2D eigenvalue weighted by atomic mass is 10.2. The van der Waals surface area contributed by atoms with Crippen molar-refractivity contribution in [2.45, 2.75) is 51.2 Å². The Hall–Kier alpha value is -0.610. The third-order valence-corrected chi connectivity index (χ3v) is 3.04. The molecule has 0 bridgehead atoms. The molecule has 0 spiro atoms. The highest BCUT2D eigenvalue weighted by molar-refractivity contribution is 5.80. The molecule has 1 heterocycles. The van der Waals surface area contributed by atoms with Crippen molar-refractivity contribution < 1.29 is 14.6 Å². The molecule has 0 aromatic carbocycles. The van der Waals surface area contributed by atoms with Gasteiger partial charge in [0, 0.05) is 20.2 Å². The van der Waals surface area contributed by atoms with E-state index in [1.54, 1.807) is 4.90 Å². The first-order chi connectivity index (χ1) is 7.65. The van der Waals surface area contributed by atoms with Crippen molar-refractivity contribution in [2.24, 2.45) is 0 Å². The number of aliphatic hydroxyl groups excluding tert-OH is 1. The fourth-order valence-electron chi connectivity index (χ4n) is 1.98. The van der Waals surface area contributed by atoms with E-state index in [9.17, 15) is 4.79 Å². The minimum Gasteiger partial charge on any atom is -0.396 e. The monoisotopic (exact) mass is 229 g/mol. The quantitative estimate of drug-likeness (QED) is 0.696. The Morgan fingerprint density at radius 2 is 2.12 bits per heavy atom. The molecule has 16 heavy (non-hydrogen) atoms. The zero-order chi connectivity index (χ0) is 12.0. The third-order valence-electron chi connectivity index (χ3n) is 3.04. The molecule has 4 nitrogen and oxygen atoms in total. The van der Waals surface area contributed by atoms with Gasteiger partial charge in [-0.1, -0.05) is 0 Å². The molecule has 1 rings (SSSR count). The summed E-state index contributed by atoms with van der Waals surface area (Å²) in [4.78, 5) is 13.7. The minimum absolute atomic E-state index is 0.105. The van der Waals surface area contributed by atoms with Crippen LogP contribution in [0.25, 0.3) is 0 Å². The highest BCUT2D eigenvalue weighted by Gasteiger charge is 2.29. The van der Waals surface area contributed by atoms with E-state index >= 15 is 0 Å². The number of aliphatic hydroxyl groups is 1. The lowest BCUT2D eigenvalue weighted by Gasteiger charge is -2.20. The third kappa shape index (κ3) is 4.10. The van der Waals surface area contributed by atoms with Crippen molar-refractivity contribution in [3.05, 3.63) is 0 Å². The first-order valence-electron chi connectivity index (χ1n) is 6.16. The minimum atomic E-state index is -0.224. The van der Waals surface area contributed by atoms with Crippen molar-refractivity contribution in [1.29, 1.82) is 0 Å². The van der Waals surface area contributed by atoms with Gasteiger partial charge in [0.15, 0.2) is 0 Å². The molecule has 1 aliphatic rings. The number of amides is 1. The Morgan fingerprint density at radius 1 is 1.38 bits per heavy atom. The number of unbranched alkanes of at least 4 members (excludes halogenated alkanes) is 2. The van der Waals surface area contributed by atoms with Crippen LogP contribution in [0.2, 0.25) is 0 Å². The maximum atomic E-state index is 11.9. The van der Waals surface area contributed by atoms with Crippen LogP contribution in [0, 0.1) is 0 Å². The fraction of sp³-hybridized carbons (Fsp3) is 0.917. The number of carbonyl (C=O) groups excluding carboxylic acids is 1. The molecule has 4 heteroatoms. The van der Waals surface area contributed by atoms with Gasteiger partial charge in [0.1, 0.15) is 6.10 Å². The molecular weight excluding hydrogens is 206 g/mol. The van der Waals surface area contributed by atoms with Crippen LogP contribution in [-0.4, -0.2) is 48.3 Å². The van der Waals surface area contributed by atoms with Crippen LogP contribution in [0.1, 0.15) is 39.0 Å². The highest BCUT2D eigenvalue weighted by Crippen LogP contribution is 2.20. The maximum absolute atomic E-state index is 11.9. The number of hydrogen-bond acceptors (Lipinski definition) is 3. The second-order valence-electron chi connectivity index (χ2n) is 4.56. The molecule has 0 radical (unpaired) electrons. The van der Waals surface area contributed by atoms with Crippen LogP contribution in [0.15, 0.2) is 0 Å². The van der Waals surface area contributed by atoms with Gasteiger partial charge in [0.2, 0.25) is 0 Å². The lowest BCUT2D eigenvalue weighted by molar-refractivity contribution is -0.141. The van der Waals surface area contributed by atoms with Crippen molar-refractivity contribution in [3.8, 4) is 0 Å². The molecular formula is C12H23NO3. The Balaban J connectivity index is 2.20. The summed E-state index contributed by atoms with van der Waals surface area (Å²) in [7, 11) is 1.83. The van der Waals surface area contributed by atoms with E-state index in [0.29, 0.717) is 0 Å². The molecule has 1 amide bonds. The topological polar surface area (TPSA) is 49.8 Å². The standard InChI is InChI=1S/C12H23NO3/c1-10-6-7-11(16-10)12(15)13(2)8-4-3-5-9-14/h10-11,14H,3-9H2,1-2H3. The smallest absolute Gasteiger partial charge is 0.251 e. The molecule has 0 aliphatic carbocycles. The molecule has 1 saturated heterocycles. The summed E-state index contributed by atoms with van der Waals surface area (Å²) >= 11 is 0. The van der Waals surface area contributed by atoms with E-state index in [1.165, 1.54) is 0 Å². The average molecular weight is 229 g/mol. The summed E-state index contributed by atoms with van der Waals surface area (Å²) in [6, 6.07) is 0. The zero-order valence-electron chi connectivity index (χ0n) is 10.3. The predicted molar refractivity (Wildman–Crippen MR) is 62.1 cm³/mol. The maximum Gasteiger partial charge on any atom is 0.251 e. The second-order valence-corrected chi connectivity index (χ2v) is 4.56. The molecule has 1 N–H and O–H groups in total. The Kier molecular flexibility index (Phi) is 5.77. The van der Waals surface area contributed by atoms with E-state index in [1.807, 2.05) is 14.0 Å². The van der Waals surface area contributed by atoms with Gasteiger partial charge in [-0.25, -0.2) is 0 Å². The van der Waals surface area contributed by atoms with Gasteiger partial charge in [-0.2, -0.15) is 0 Å². The highest BCUT2D eigenvalue weighted by atomic mass is 16.5. The molecule has 0 aromatic rings. The average Bonchev–Trinajstić information content (AvgIpc) is 2.70.